The Labute approximate surface area is 127 Å². The van der Waals surface area contributed by atoms with Crippen molar-refractivity contribution >= 4 is 17.1 Å². The smallest absolute Gasteiger partial charge is 0.190 e. The third-order valence-corrected chi connectivity index (χ3v) is 2.82. The fourth-order valence-corrected chi connectivity index (χ4v) is 1.74. The number of rotatable bonds is 3. The number of anilines is 3. The number of benzene rings is 2. The molecule has 22 heavy (non-hydrogen) atoms. The van der Waals surface area contributed by atoms with Gasteiger partial charge in [-0.15, -0.1) is 0 Å². The van der Waals surface area contributed by atoms with Crippen molar-refractivity contribution in [3.05, 3.63) is 47.3 Å². The summed E-state index contributed by atoms with van der Waals surface area (Å²) >= 11 is 0. The first-order valence-corrected chi connectivity index (χ1v) is 6.78. The minimum Gasteiger partial charge on any atom is -0.493 e. The highest BCUT2D eigenvalue weighted by Gasteiger charge is 2.18. The zero-order valence-electron chi connectivity index (χ0n) is 12.9. The summed E-state index contributed by atoms with van der Waals surface area (Å²) < 4.78 is 46.1. The molecule has 0 aliphatic carbocycles. The number of halogens is 3. The van der Waals surface area contributed by atoms with Crippen LogP contribution in [0.1, 0.15) is 19.4 Å². The molecule has 0 saturated heterocycles. The highest BCUT2D eigenvalue weighted by Crippen LogP contribution is 2.35. The predicted molar refractivity (Wildman–Crippen MR) is 83.1 cm³/mol. The Hall–Kier alpha value is -2.37. The van der Waals surface area contributed by atoms with Gasteiger partial charge in [0.25, 0.3) is 0 Å². The minimum atomic E-state index is -0.883. The van der Waals surface area contributed by atoms with Crippen LogP contribution in [0.25, 0.3) is 0 Å². The maximum Gasteiger partial charge on any atom is 0.190 e. The van der Waals surface area contributed by atoms with Crippen molar-refractivity contribution in [3.63, 3.8) is 0 Å². The monoisotopic (exact) mass is 312 g/mol. The molecule has 0 atom stereocenters. The van der Waals surface area contributed by atoms with Crippen LogP contribution in [0.15, 0.2) is 24.3 Å². The molecule has 0 spiro atoms. The molecule has 0 saturated carbocycles. The summed E-state index contributed by atoms with van der Waals surface area (Å²) in [6, 6.07) is 5.16. The third-order valence-electron chi connectivity index (χ3n) is 2.82. The van der Waals surface area contributed by atoms with Crippen molar-refractivity contribution in [3.8, 4) is 5.75 Å². The van der Waals surface area contributed by atoms with Crippen LogP contribution >= 0.6 is 0 Å². The average molecular weight is 312 g/mol. The van der Waals surface area contributed by atoms with Gasteiger partial charge < -0.3 is 15.8 Å². The van der Waals surface area contributed by atoms with Crippen molar-refractivity contribution < 1.29 is 17.9 Å². The van der Waals surface area contributed by atoms with Crippen LogP contribution in [-0.2, 0) is 0 Å². The molecule has 0 aliphatic heterocycles. The second-order valence-electron chi connectivity index (χ2n) is 4.27. The summed E-state index contributed by atoms with van der Waals surface area (Å²) in [5, 5.41) is 2.46. The second-order valence-corrected chi connectivity index (χ2v) is 4.27. The lowest BCUT2D eigenvalue weighted by atomic mass is 10.2. The summed E-state index contributed by atoms with van der Waals surface area (Å²) in [5.41, 5.74) is 5.38. The lowest BCUT2D eigenvalue weighted by Crippen LogP contribution is -2.05. The van der Waals surface area contributed by atoms with Gasteiger partial charge in [-0.3, -0.25) is 0 Å². The summed E-state index contributed by atoms with van der Waals surface area (Å²) in [6.07, 6.45) is 0. The van der Waals surface area contributed by atoms with Crippen molar-refractivity contribution in [1.29, 1.82) is 0 Å². The topological polar surface area (TPSA) is 47.3 Å². The van der Waals surface area contributed by atoms with Gasteiger partial charge >= 0.3 is 0 Å². The molecular formula is C16H19F3N2O. The molecule has 0 fully saturated rings. The number of methoxy groups -OCH3 is 1. The zero-order valence-corrected chi connectivity index (χ0v) is 12.9. The van der Waals surface area contributed by atoms with Gasteiger partial charge in [-0.25, -0.2) is 13.2 Å². The number of aryl methyl sites for hydroxylation is 1. The molecular weight excluding hydrogens is 293 g/mol. The summed E-state index contributed by atoms with van der Waals surface area (Å²) in [4.78, 5) is 0. The summed E-state index contributed by atoms with van der Waals surface area (Å²) in [5.74, 6) is -2.64. The number of hydrogen-bond donors (Lipinski definition) is 2. The lowest BCUT2D eigenvalue weighted by molar-refractivity contribution is 0.384. The van der Waals surface area contributed by atoms with Gasteiger partial charge in [0.2, 0.25) is 0 Å². The quantitative estimate of drug-likeness (QED) is 0.802. The van der Waals surface area contributed by atoms with Gasteiger partial charge in [-0.1, -0.05) is 19.9 Å². The fraction of sp³-hybridized carbons (Fsp3) is 0.250. The van der Waals surface area contributed by atoms with Crippen molar-refractivity contribution in [2.75, 3.05) is 18.2 Å². The second kappa shape index (κ2) is 7.59. The Balaban J connectivity index is 0.00000116. The van der Waals surface area contributed by atoms with E-state index in [0.717, 1.165) is 6.07 Å². The van der Waals surface area contributed by atoms with Gasteiger partial charge in [0.1, 0.15) is 11.5 Å². The van der Waals surface area contributed by atoms with E-state index in [1.165, 1.54) is 19.2 Å². The molecule has 0 bridgehead atoms. The van der Waals surface area contributed by atoms with Crippen molar-refractivity contribution in [2.45, 2.75) is 20.8 Å². The molecule has 0 unspecified atom stereocenters. The minimum absolute atomic E-state index is 0.00569. The maximum atomic E-state index is 14.1. The van der Waals surface area contributed by atoms with Gasteiger partial charge in [0.05, 0.1) is 18.5 Å². The largest absolute Gasteiger partial charge is 0.493 e. The first-order chi connectivity index (χ1) is 10.4. The number of nitrogens with two attached hydrogens (primary N) is 1. The Morgan fingerprint density at radius 1 is 1.05 bits per heavy atom. The molecule has 120 valence electrons. The molecule has 0 radical (unpaired) electrons. The number of ether oxygens (including phenoxy) is 1. The van der Waals surface area contributed by atoms with E-state index in [1.807, 2.05) is 13.8 Å². The SMILES string of the molecule is CC.COc1cc(F)c(N)c(Nc2ccc(C)cc2F)c1F. The number of nitrogen functional groups attached to an aromatic ring is 1. The van der Waals surface area contributed by atoms with E-state index in [1.54, 1.807) is 13.0 Å². The van der Waals surface area contributed by atoms with Crippen molar-refractivity contribution in [2.24, 2.45) is 0 Å². The Morgan fingerprint density at radius 3 is 2.23 bits per heavy atom. The Kier molecular flexibility index (Phi) is 6.10. The molecule has 2 aromatic rings. The fourth-order valence-electron chi connectivity index (χ4n) is 1.74. The first kappa shape index (κ1) is 17.7. The Bertz CT molecular complexity index is 660. The van der Waals surface area contributed by atoms with Crippen LogP contribution in [0, 0.1) is 24.4 Å². The van der Waals surface area contributed by atoms with Crippen LogP contribution < -0.4 is 15.8 Å². The van der Waals surface area contributed by atoms with Gasteiger partial charge in [-0.2, -0.15) is 0 Å². The third kappa shape index (κ3) is 3.63. The van der Waals surface area contributed by atoms with E-state index >= 15 is 0 Å². The summed E-state index contributed by atoms with van der Waals surface area (Å²) in [6.45, 7) is 5.72. The van der Waals surface area contributed by atoms with E-state index in [4.69, 9.17) is 10.5 Å². The van der Waals surface area contributed by atoms with E-state index in [2.05, 4.69) is 5.32 Å². The zero-order chi connectivity index (χ0) is 16.9. The van der Waals surface area contributed by atoms with Gasteiger partial charge in [0.15, 0.2) is 17.4 Å². The lowest BCUT2D eigenvalue weighted by Gasteiger charge is -2.14. The highest BCUT2D eigenvalue weighted by molar-refractivity contribution is 5.75. The van der Waals surface area contributed by atoms with Crippen LogP contribution in [0.5, 0.6) is 5.75 Å². The van der Waals surface area contributed by atoms with Gasteiger partial charge in [0, 0.05) is 6.07 Å². The molecule has 0 aliphatic rings. The molecule has 0 aromatic heterocycles. The van der Waals surface area contributed by atoms with Crippen LogP contribution in [0.3, 0.4) is 0 Å². The highest BCUT2D eigenvalue weighted by atomic mass is 19.1. The predicted octanol–water partition coefficient (Wildman–Crippen LogP) is 4.77. The Morgan fingerprint density at radius 2 is 1.68 bits per heavy atom. The standard InChI is InChI=1S/C14H13F3N2O.C2H6/c1-7-3-4-10(8(15)5-7)19-14-12(17)11(20-2)6-9(16)13(14)18;1-2/h3-6,19H,18H2,1-2H3;1-2H3. The van der Waals surface area contributed by atoms with E-state index < -0.39 is 23.1 Å². The maximum absolute atomic E-state index is 14.1. The normalized spacial score (nSPS) is 9.77. The molecule has 2 rings (SSSR count). The molecule has 6 heteroatoms. The van der Waals surface area contributed by atoms with Gasteiger partial charge in [-0.05, 0) is 24.6 Å². The molecule has 3 nitrogen and oxygen atoms in total. The van der Waals surface area contributed by atoms with Crippen molar-refractivity contribution in [1.82, 2.24) is 0 Å². The van der Waals surface area contributed by atoms with E-state index in [0.29, 0.717) is 5.56 Å². The molecule has 2 aromatic carbocycles. The summed E-state index contributed by atoms with van der Waals surface area (Å²) in [7, 11) is 1.20. The van der Waals surface area contributed by atoms with Crippen LogP contribution in [0.4, 0.5) is 30.2 Å². The van der Waals surface area contributed by atoms with E-state index in [-0.39, 0.29) is 17.1 Å². The van der Waals surface area contributed by atoms with E-state index in [9.17, 15) is 13.2 Å². The first-order valence-electron chi connectivity index (χ1n) is 6.78. The van der Waals surface area contributed by atoms with Crippen LogP contribution in [-0.4, -0.2) is 7.11 Å². The molecule has 0 amide bonds. The molecule has 0 heterocycles. The number of hydrogen-bond acceptors (Lipinski definition) is 3. The van der Waals surface area contributed by atoms with Crippen LogP contribution in [0.2, 0.25) is 0 Å². The average Bonchev–Trinajstić information content (AvgIpc) is 2.51. The number of nitrogens with one attached hydrogen (secondary N) is 1. The molecule has 3 N–H and O–H groups in total.